The number of epoxide rings is 1. The summed E-state index contributed by atoms with van der Waals surface area (Å²) < 4.78 is 11.4. The molecule has 1 aliphatic heterocycles. The molecule has 1 unspecified atom stereocenters. The number of hydrogen-bond donors (Lipinski definition) is 0. The van der Waals surface area contributed by atoms with Crippen molar-refractivity contribution in [3.05, 3.63) is 53.6 Å². The predicted molar refractivity (Wildman–Crippen MR) is 94.8 cm³/mol. The predicted octanol–water partition coefficient (Wildman–Crippen LogP) is 4.37. The van der Waals surface area contributed by atoms with Crippen LogP contribution in [0.5, 0.6) is 5.75 Å². The molecule has 0 spiro atoms. The van der Waals surface area contributed by atoms with Crippen molar-refractivity contribution >= 4 is 44.4 Å². The summed E-state index contributed by atoms with van der Waals surface area (Å²) >= 11 is 6.72. The maximum atomic E-state index is 6.72. The van der Waals surface area contributed by atoms with Crippen molar-refractivity contribution < 1.29 is 9.47 Å². The van der Waals surface area contributed by atoms with Crippen LogP contribution in [0.25, 0.3) is 32.8 Å². The third kappa shape index (κ3) is 2.19. The van der Waals surface area contributed by atoms with Crippen LogP contribution in [0.3, 0.4) is 0 Å². The number of para-hydroxylation sites is 2. The SMILES string of the molecule is Clc1c2ccccc2nc2nc3ccccc3c(OCC3CO3)c12. The molecule has 0 saturated carbocycles. The lowest BCUT2D eigenvalue weighted by molar-refractivity contribution is 0.267. The molecule has 0 N–H and O–H groups in total. The standard InChI is InChI=1S/C19H13ClN2O2/c20-17-12-5-1-3-7-14(12)21-19-16(17)18(24-10-11-9-23-11)13-6-2-4-8-15(13)22-19/h1-8,11H,9-10H2. The Morgan fingerprint density at radius 1 is 1.00 bits per heavy atom. The van der Waals surface area contributed by atoms with E-state index in [0.29, 0.717) is 17.3 Å². The minimum Gasteiger partial charge on any atom is -0.489 e. The summed E-state index contributed by atoms with van der Waals surface area (Å²) in [4.78, 5) is 9.37. The Labute approximate surface area is 143 Å². The number of halogens is 1. The highest BCUT2D eigenvalue weighted by molar-refractivity contribution is 6.41. The van der Waals surface area contributed by atoms with Gasteiger partial charge in [0.25, 0.3) is 0 Å². The van der Waals surface area contributed by atoms with E-state index >= 15 is 0 Å². The average molecular weight is 337 g/mol. The van der Waals surface area contributed by atoms with Crippen LogP contribution in [-0.2, 0) is 4.74 Å². The van der Waals surface area contributed by atoms with Gasteiger partial charge in [-0.25, -0.2) is 9.97 Å². The van der Waals surface area contributed by atoms with Gasteiger partial charge in [0.2, 0.25) is 0 Å². The highest BCUT2D eigenvalue weighted by atomic mass is 35.5. The molecule has 0 aliphatic carbocycles. The Hall–Kier alpha value is -2.43. The van der Waals surface area contributed by atoms with Crippen molar-refractivity contribution in [1.82, 2.24) is 9.97 Å². The molecule has 2 aromatic carbocycles. The molecule has 5 rings (SSSR count). The Kier molecular flexibility index (Phi) is 3.08. The number of nitrogens with zero attached hydrogens (tertiary/aromatic N) is 2. The minimum absolute atomic E-state index is 0.166. The van der Waals surface area contributed by atoms with Crippen molar-refractivity contribution in [3.63, 3.8) is 0 Å². The third-order valence-electron chi connectivity index (χ3n) is 4.23. The molecule has 5 heteroatoms. The van der Waals surface area contributed by atoms with E-state index in [1.807, 2.05) is 48.5 Å². The number of benzene rings is 2. The van der Waals surface area contributed by atoms with Gasteiger partial charge in [-0.15, -0.1) is 0 Å². The van der Waals surface area contributed by atoms with Crippen molar-refractivity contribution in [2.75, 3.05) is 13.2 Å². The monoisotopic (exact) mass is 336 g/mol. The molecule has 3 heterocycles. The lowest BCUT2D eigenvalue weighted by Crippen LogP contribution is -2.06. The molecule has 4 aromatic rings. The number of aromatic nitrogens is 2. The van der Waals surface area contributed by atoms with Crippen LogP contribution in [0.15, 0.2) is 48.5 Å². The van der Waals surface area contributed by atoms with Crippen LogP contribution in [-0.4, -0.2) is 29.3 Å². The zero-order chi connectivity index (χ0) is 16.1. The van der Waals surface area contributed by atoms with Gasteiger partial charge in [-0.05, 0) is 18.2 Å². The quantitative estimate of drug-likeness (QED) is 0.412. The molecule has 0 amide bonds. The topological polar surface area (TPSA) is 47.5 Å². The second kappa shape index (κ2) is 5.30. The fourth-order valence-corrected chi connectivity index (χ4v) is 3.27. The fraction of sp³-hybridized carbons (Fsp3) is 0.158. The van der Waals surface area contributed by atoms with E-state index in [4.69, 9.17) is 21.1 Å². The molecule has 0 radical (unpaired) electrons. The summed E-state index contributed by atoms with van der Waals surface area (Å²) in [6.45, 7) is 1.25. The van der Waals surface area contributed by atoms with Gasteiger partial charge < -0.3 is 9.47 Å². The number of rotatable bonds is 3. The minimum atomic E-state index is 0.166. The molecule has 24 heavy (non-hydrogen) atoms. The summed E-state index contributed by atoms with van der Waals surface area (Å²) in [5.41, 5.74) is 2.27. The van der Waals surface area contributed by atoms with E-state index in [0.717, 1.165) is 39.5 Å². The van der Waals surface area contributed by atoms with Gasteiger partial charge in [0.15, 0.2) is 5.65 Å². The van der Waals surface area contributed by atoms with Crippen molar-refractivity contribution in [2.24, 2.45) is 0 Å². The highest BCUT2D eigenvalue weighted by Crippen LogP contribution is 2.40. The van der Waals surface area contributed by atoms with Gasteiger partial charge in [0, 0.05) is 10.8 Å². The van der Waals surface area contributed by atoms with E-state index in [2.05, 4.69) is 9.97 Å². The Morgan fingerprint density at radius 3 is 2.33 bits per heavy atom. The lowest BCUT2D eigenvalue weighted by atomic mass is 10.1. The second-order valence-electron chi connectivity index (χ2n) is 5.87. The molecular formula is C19H13ClN2O2. The summed E-state index contributed by atoms with van der Waals surface area (Å²) in [6, 6.07) is 15.7. The van der Waals surface area contributed by atoms with Crippen molar-refractivity contribution in [1.29, 1.82) is 0 Å². The molecule has 2 aromatic heterocycles. The van der Waals surface area contributed by atoms with Crippen LogP contribution >= 0.6 is 11.6 Å². The van der Waals surface area contributed by atoms with Crippen LogP contribution in [0, 0.1) is 0 Å². The molecule has 0 bridgehead atoms. The van der Waals surface area contributed by atoms with E-state index < -0.39 is 0 Å². The van der Waals surface area contributed by atoms with Crippen molar-refractivity contribution in [2.45, 2.75) is 6.10 Å². The van der Waals surface area contributed by atoms with E-state index in [1.54, 1.807) is 0 Å². The first kappa shape index (κ1) is 14.0. The average Bonchev–Trinajstić information content (AvgIpc) is 3.43. The Balaban J connectivity index is 1.88. The molecule has 4 nitrogen and oxygen atoms in total. The summed E-state index contributed by atoms with van der Waals surface area (Å²) in [5.74, 6) is 0.731. The first-order valence-corrected chi connectivity index (χ1v) is 8.20. The van der Waals surface area contributed by atoms with Gasteiger partial charge in [0.1, 0.15) is 18.5 Å². The van der Waals surface area contributed by atoms with E-state index in [-0.39, 0.29) is 6.10 Å². The smallest absolute Gasteiger partial charge is 0.165 e. The van der Waals surface area contributed by atoms with Gasteiger partial charge in [0.05, 0.1) is 28.0 Å². The molecule has 1 saturated heterocycles. The maximum absolute atomic E-state index is 6.72. The first-order chi connectivity index (χ1) is 11.8. The van der Waals surface area contributed by atoms with Crippen LogP contribution in [0.1, 0.15) is 0 Å². The molecule has 118 valence electrons. The fourth-order valence-electron chi connectivity index (χ4n) is 2.94. The second-order valence-corrected chi connectivity index (χ2v) is 6.24. The molecular weight excluding hydrogens is 324 g/mol. The normalized spacial score (nSPS) is 16.8. The van der Waals surface area contributed by atoms with Crippen LogP contribution < -0.4 is 4.74 Å². The Bertz CT molecular complexity index is 1090. The van der Waals surface area contributed by atoms with E-state index in [1.165, 1.54) is 0 Å². The van der Waals surface area contributed by atoms with Crippen LogP contribution in [0.4, 0.5) is 0 Å². The zero-order valence-corrected chi connectivity index (χ0v) is 13.5. The molecule has 1 aliphatic rings. The largest absolute Gasteiger partial charge is 0.489 e. The highest BCUT2D eigenvalue weighted by Gasteiger charge is 2.25. The molecule has 1 atom stereocenters. The lowest BCUT2D eigenvalue weighted by Gasteiger charge is -2.13. The number of fused-ring (bicyclic) bond motifs is 3. The zero-order valence-electron chi connectivity index (χ0n) is 12.7. The summed E-state index contributed by atoms with van der Waals surface area (Å²) in [7, 11) is 0. The number of hydrogen-bond acceptors (Lipinski definition) is 4. The van der Waals surface area contributed by atoms with Gasteiger partial charge in [-0.2, -0.15) is 0 Å². The maximum Gasteiger partial charge on any atom is 0.165 e. The Morgan fingerprint density at radius 2 is 1.62 bits per heavy atom. The number of ether oxygens (including phenoxy) is 2. The van der Waals surface area contributed by atoms with Crippen LogP contribution in [0.2, 0.25) is 5.02 Å². The summed E-state index contributed by atoms with van der Waals surface area (Å²) in [5, 5.41) is 3.22. The summed E-state index contributed by atoms with van der Waals surface area (Å²) in [6.07, 6.45) is 0.166. The van der Waals surface area contributed by atoms with Gasteiger partial charge in [-0.1, -0.05) is 41.9 Å². The first-order valence-electron chi connectivity index (χ1n) is 7.82. The molecule has 1 fully saturated rings. The van der Waals surface area contributed by atoms with Gasteiger partial charge in [-0.3, -0.25) is 0 Å². The van der Waals surface area contributed by atoms with Crippen molar-refractivity contribution in [3.8, 4) is 5.75 Å². The van der Waals surface area contributed by atoms with Gasteiger partial charge >= 0.3 is 0 Å². The number of pyridine rings is 2. The van der Waals surface area contributed by atoms with E-state index in [9.17, 15) is 0 Å². The third-order valence-corrected chi connectivity index (χ3v) is 4.62.